The Balaban J connectivity index is 4.17. The van der Waals surface area contributed by atoms with Crippen LogP contribution in [0.1, 0.15) is 19.8 Å². The van der Waals surface area contributed by atoms with Gasteiger partial charge in [0.1, 0.15) is 6.04 Å². The van der Waals surface area contributed by atoms with Crippen molar-refractivity contribution in [3.8, 4) is 0 Å². The van der Waals surface area contributed by atoms with Crippen LogP contribution < -0.4 is 16.9 Å². The second-order valence-corrected chi connectivity index (χ2v) is 7.81. The van der Waals surface area contributed by atoms with Crippen LogP contribution in [-0.4, -0.2) is 110 Å². The fourth-order valence-electron chi connectivity index (χ4n) is 2.07. The Morgan fingerprint density at radius 1 is 1.06 bits per heavy atom. The lowest BCUT2D eigenvalue weighted by Gasteiger charge is -2.16. The van der Waals surface area contributed by atoms with Crippen LogP contribution in [0.4, 0.5) is 0 Å². The molecule has 0 aromatic carbocycles. The third-order valence-electron chi connectivity index (χ3n) is 3.75. The number of carbonyl (C=O) groups is 3. The number of thioether (sulfide) groups is 1. The van der Waals surface area contributed by atoms with Crippen LogP contribution in [-0.2, 0) is 28.6 Å². The molecule has 1 amide bonds. The minimum absolute atomic E-state index is 0.0741. The Kier molecular flexibility index (Phi) is 19.0. The van der Waals surface area contributed by atoms with Crippen molar-refractivity contribution in [2.45, 2.75) is 31.1 Å². The molecule has 0 saturated heterocycles. The summed E-state index contributed by atoms with van der Waals surface area (Å²) in [7, 11) is 0. The highest BCUT2D eigenvalue weighted by molar-refractivity contribution is 8.00. The number of nitrogens with one attached hydrogen (secondary N) is 1. The van der Waals surface area contributed by atoms with Gasteiger partial charge in [0.25, 0.3) is 0 Å². The maximum absolute atomic E-state index is 12.3. The predicted molar refractivity (Wildman–Crippen MR) is 125 cm³/mol. The van der Waals surface area contributed by atoms with Crippen molar-refractivity contribution in [1.29, 1.82) is 0 Å². The predicted octanol–water partition coefficient (Wildman–Crippen LogP) is -1.06. The number of amides is 1. The monoisotopic (exact) mass is 493 g/mol. The van der Waals surface area contributed by atoms with Crippen molar-refractivity contribution < 1.29 is 38.8 Å². The molecular formula is C19H35N5O8S. The van der Waals surface area contributed by atoms with Gasteiger partial charge in [-0.05, 0) is 6.42 Å². The van der Waals surface area contributed by atoms with Crippen molar-refractivity contribution in [1.82, 2.24) is 5.32 Å². The average molecular weight is 494 g/mol. The number of hydrazone groups is 1. The fourth-order valence-corrected chi connectivity index (χ4v) is 3.14. The first-order chi connectivity index (χ1) is 15.8. The molecule has 0 bridgehead atoms. The number of hydrogen-bond donors (Lipinski definition) is 5. The Labute approximate surface area is 197 Å². The summed E-state index contributed by atoms with van der Waals surface area (Å²) < 4.78 is 16.0. The zero-order valence-corrected chi connectivity index (χ0v) is 19.6. The second-order valence-electron chi connectivity index (χ2n) is 6.58. The van der Waals surface area contributed by atoms with Crippen LogP contribution in [0.15, 0.2) is 10.1 Å². The lowest BCUT2D eigenvalue weighted by atomic mass is 10.3. The van der Waals surface area contributed by atoms with Crippen molar-refractivity contribution >= 4 is 41.5 Å². The average Bonchev–Trinajstić information content (AvgIpc) is 2.78. The number of aliphatic imine (C=N–C) groups is 1. The van der Waals surface area contributed by atoms with Gasteiger partial charge in [0.15, 0.2) is 0 Å². The number of aliphatic carboxylic acids is 2. The van der Waals surface area contributed by atoms with Crippen LogP contribution in [0.25, 0.3) is 0 Å². The molecule has 0 spiro atoms. The van der Waals surface area contributed by atoms with E-state index in [0.717, 1.165) is 24.8 Å². The standard InChI is InChI=1S/C19H35N5O8S/c1-2-4-30-6-8-32-9-7-31-5-3-22-11-14(24-21)12-23-18(27)16(10-17(25)26)33-13-15(20)19(28)29/h11,15-16H,2-10,12-13,20-21H2,1H3,(H,23,27)(H,25,26)(H,28,29). The summed E-state index contributed by atoms with van der Waals surface area (Å²) in [5.74, 6) is 2.15. The molecule has 0 aromatic rings. The van der Waals surface area contributed by atoms with E-state index in [0.29, 0.717) is 39.6 Å². The summed E-state index contributed by atoms with van der Waals surface area (Å²) in [4.78, 5) is 38.2. The zero-order chi connectivity index (χ0) is 24.9. The smallest absolute Gasteiger partial charge is 0.321 e. The molecule has 190 valence electrons. The molecular weight excluding hydrogens is 458 g/mol. The highest BCUT2D eigenvalue weighted by atomic mass is 32.2. The number of nitrogens with zero attached hydrogens (tertiary/aromatic N) is 2. The van der Waals surface area contributed by atoms with Crippen molar-refractivity contribution in [3.63, 3.8) is 0 Å². The van der Waals surface area contributed by atoms with E-state index < -0.39 is 35.6 Å². The van der Waals surface area contributed by atoms with E-state index in [4.69, 9.17) is 36.0 Å². The molecule has 2 atom stereocenters. The quantitative estimate of drug-likeness (QED) is 0.0563. The molecule has 0 aliphatic carbocycles. The van der Waals surface area contributed by atoms with Crippen LogP contribution >= 0.6 is 11.8 Å². The van der Waals surface area contributed by atoms with Crippen molar-refractivity contribution in [2.24, 2.45) is 21.7 Å². The maximum atomic E-state index is 12.3. The van der Waals surface area contributed by atoms with Crippen LogP contribution in [0.3, 0.4) is 0 Å². The molecule has 0 aliphatic heterocycles. The summed E-state index contributed by atoms with van der Waals surface area (Å²) in [5.41, 5.74) is 5.66. The van der Waals surface area contributed by atoms with Gasteiger partial charge in [0, 0.05) is 18.6 Å². The lowest BCUT2D eigenvalue weighted by molar-refractivity contribution is -0.138. The molecule has 0 aliphatic rings. The van der Waals surface area contributed by atoms with Gasteiger partial charge < -0.3 is 41.3 Å². The van der Waals surface area contributed by atoms with E-state index in [-0.39, 0.29) is 18.0 Å². The topological polar surface area (TPSA) is 208 Å². The van der Waals surface area contributed by atoms with Gasteiger partial charge >= 0.3 is 11.9 Å². The molecule has 0 rings (SSSR count). The fraction of sp³-hybridized carbons (Fsp3) is 0.737. The molecule has 33 heavy (non-hydrogen) atoms. The highest BCUT2D eigenvalue weighted by Gasteiger charge is 2.24. The van der Waals surface area contributed by atoms with Gasteiger partial charge in [-0.1, -0.05) is 6.92 Å². The summed E-state index contributed by atoms with van der Waals surface area (Å²) in [5, 5.41) is 22.8. The first-order valence-corrected chi connectivity index (χ1v) is 11.5. The highest BCUT2D eigenvalue weighted by Crippen LogP contribution is 2.16. The minimum Gasteiger partial charge on any atom is -0.481 e. The summed E-state index contributed by atoms with van der Waals surface area (Å²) in [6.07, 6.45) is 1.87. The van der Waals surface area contributed by atoms with Gasteiger partial charge in [-0.25, -0.2) is 0 Å². The number of hydrogen-bond acceptors (Lipinski definition) is 11. The van der Waals surface area contributed by atoms with Crippen molar-refractivity contribution in [2.75, 3.05) is 58.5 Å². The van der Waals surface area contributed by atoms with E-state index in [1.165, 1.54) is 6.21 Å². The van der Waals surface area contributed by atoms with E-state index in [2.05, 4.69) is 15.4 Å². The SMILES string of the molecule is CCCOCCOCCOCCN=CC(CNC(=O)C(CC(=O)O)SCC(N)C(=O)O)=NN. The second kappa shape index (κ2) is 20.4. The Bertz CT molecular complexity index is 635. The molecule has 0 saturated carbocycles. The Morgan fingerprint density at radius 2 is 1.67 bits per heavy atom. The summed E-state index contributed by atoms with van der Waals surface area (Å²) in [6, 6.07) is -1.21. The molecule has 0 radical (unpaired) electrons. The largest absolute Gasteiger partial charge is 0.481 e. The van der Waals surface area contributed by atoms with E-state index >= 15 is 0 Å². The molecule has 0 heterocycles. The Morgan fingerprint density at radius 3 is 2.21 bits per heavy atom. The summed E-state index contributed by atoms with van der Waals surface area (Å²) in [6.45, 7) is 5.34. The lowest BCUT2D eigenvalue weighted by Crippen LogP contribution is -2.40. The van der Waals surface area contributed by atoms with Crippen LogP contribution in [0, 0.1) is 0 Å². The van der Waals surface area contributed by atoms with Gasteiger partial charge in [0.05, 0.1) is 63.5 Å². The van der Waals surface area contributed by atoms with Gasteiger partial charge in [-0.2, -0.15) is 5.10 Å². The van der Waals surface area contributed by atoms with Crippen LogP contribution in [0.2, 0.25) is 0 Å². The van der Waals surface area contributed by atoms with E-state index in [1.807, 2.05) is 6.92 Å². The van der Waals surface area contributed by atoms with Gasteiger partial charge in [-0.3, -0.25) is 19.4 Å². The molecule has 7 N–H and O–H groups in total. The first-order valence-electron chi connectivity index (χ1n) is 10.4. The van der Waals surface area contributed by atoms with E-state index in [9.17, 15) is 14.4 Å². The number of carboxylic acid groups (broad SMARTS) is 2. The normalized spacial score (nSPS) is 13.7. The van der Waals surface area contributed by atoms with Crippen molar-refractivity contribution in [3.05, 3.63) is 0 Å². The third-order valence-corrected chi connectivity index (χ3v) is 5.09. The number of ether oxygens (including phenoxy) is 3. The number of rotatable bonds is 21. The number of carboxylic acids is 2. The maximum Gasteiger partial charge on any atom is 0.321 e. The number of carbonyl (C=O) groups excluding carboxylic acids is 1. The number of nitrogens with two attached hydrogens (primary N) is 2. The molecule has 13 nitrogen and oxygen atoms in total. The molecule has 0 fully saturated rings. The third kappa shape index (κ3) is 17.9. The first kappa shape index (κ1) is 30.7. The Hall–Kier alpha value is -2.26. The minimum atomic E-state index is -1.24. The van der Waals surface area contributed by atoms with Gasteiger partial charge in [-0.15, -0.1) is 11.8 Å². The van der Waals surface area contributed by atoms with Crippen LogP contribution in [0.5, 0.6) is 0 Å². The van der Waals surface area contributed by atoms with Gasteiger partial charge in [0.2, 0.25) is 5.91 Å². The molecule has 0 aromatic heterocycles. The summed E-state index contributed by atoms with van der Waals surface area (Å²) >= 11 is 0.854. The molecule has 2 unspecified atom stereocenters. The zero-order valence-electron chi connectivity index (χ0n) is 18.8. The molecule has 14 heteroatoms. The van der Waals surface area contributed by atoms with E-state index in [1.54, 1.807) is 0 Å².